The number of nitrogens with zero attached hydrogens (tertiary/aromatic N) is 1. The molecule has 0 aromatic carbocycles. The van der Waals surface area contributed by atoms with Crippen molar-refractivity contribution in [2.24, 2.45) is 0 Å². The molecule has 0 saturated heterocycles. The maximum atomic E-state index is 12.4. The average molecular weight is 310 g/mol. The van der Waals surface area contributed by atoms with Crippen LogP contribution in [0, 0.1) is 0 Å². The summed E-state index contributed by atoms with van der Waals surface area (Å²) in [6.07, 6.45) is 2.59. The number of fused-ring (bicyclic) bond motifs is 1. The zero-order chi connectivity index (χ0) is 15.4. The molecular weight excluding hydrogens is 296 g/mol. The Morgan fingerprint density at radius 1 is 1.43 bits per heavy atom. The second-order valence-electron chi connectivity index (χ2n) is 4.29. The smallest absolute Gasteiger partial charge is 0.356 e. The van der Waals surface area contributed by atoms with Crippen LogP contribution in [-0.4, -0.2) is 52.3 Å². The lowest BCUT2D eigenvalue weighted by atomic mass is 9.99. The summed E-state index contributed by atoms with van der Waals surface area (Å²) >= 11 is 1.23. The Bertz CT molecular complexity index is 620. The molecular formula is C13H14N2O5S. The SMILES string of the molecule is COC(=O)c1[nH]nc2c1C(=O)C(SCCCCO)=CC2=O. The number of thioether (sulfide) groups is 1. The van der Waals surface area contributed by atoms with Gasteiger partial charge in [0.05, 0.1) is 17.6 Å². The van der Waals surface area contributed by atoms with E-state index in [-0.39, 0.29) is 28.5 Å². The van der Waals surface area contributed by atoms with E-state index in [4.69, 9.17) is 5.11 Å². The number of carbonyl (C=O) groups is 3. The lowest BCUT2D eigenvalue weighted by molar-refractivity contribution is 0.0591. The zero-order valence-electron chi connectivity index (χ0n) is 11.3. The summed E-state index contributed by atoms with van der Waals surface area (Å²) < 4.78 is 4.56. The minimum Gasteiger partial charge on any atom is -0.464 e. The molecule has 2 N–H and O–H groups in total. The number of carbonyl (C=O) groups excluding carboxylic acids is 3. The van der Waals surface area contributed by atoms with Gasteiger partial charge >= 0.3 is 5.97 Å². The molecule has 0 saturated carbocycles. The van der Waals surface area contributed by atoms with Crippen LogP contribution in [-0.2, 0) is 4.74 Å². The predicted octanol–water partition coefficient (Wildman–Crippen LogP) is 0.965. The number of rotatable bonds is 6. The molecule has 0 amide bonds. The molecule has 2 rings (SSSR count). The van der Waals surface area contributed by atoms with E-state index in [1.807, 2.05) is 0 Å². The van der Waals surface area contributed by atoms with Gasteiger partial charge in [-0.3, -0.25) is 14.7 Å². The van der Waals surface area contributed by atoms with E-state index < -0.39 is 17.5 Å². The van der Waals surface area contributed by atoms with E-state index in [0.717, 1.165) is 6.42 Å². The van der Waals surface area contributed by atoms with Gasteiger partial charge in [0.25, 0.3) is 0 Å². The molecule has 1 aromatic heterocycles. The minimum atomic E-state index is -0.739. The Morgan fingerprint density at radius 3 is 2.86 bits per heavy atom. The number of Topliss-reactive ketones (excluding diaryl/α,β-unsaturated/α-hetero) is 1. The summed E-state index contributed by atoms with van der Waals surface area (Å²) in [5.74, 6) is -0.962. The third-order valence-corrected chi connectivity index (χ3v) is 4.02. The second kappa shape index (κ2) is 6.68. The van der Waals surface area contributed by atoms with Gasteiger partial charge in [-0.25, -0.2) is 4.79 Å². The molecule has 7 nitrogen and oxygen atoms in total. The minimum absolute atomic E-state index is 0.0287. The van der Waals surface area contributed by atoms with Gasteiger partial charge in [0, 0.05) is 12.7 Å². The molecule has 1 aliphatic rings. The summed E-state index contributed by atoms with van der Waals surface area (Å²) in [5, 5.41) is 14.8. The first-order chi connectivity index (χ1) is 10.1. The summed E-state index contributed by atoms with van der Waals surface area (Å²) in [6, 6.07) is 0. The molecule has 8 heteroatoms. The largest absolute Gasteiger partial charge is 0.464 e. The number of methoxy groups -OCH3 is 1. The maximum Gasteiger partial charge on any atom is 0.356 e. The van der Waals surface area contributed by atoms with Crippen LogP contribution in [0.25, 0.3) is 0 Å². The highest BCUT2D eigenvalue weighted by Gasteiger charge is 2.34. The molecule has 0 bridgehead atoms. The number of nitrogens with one attached hydrogen (secondary N) is 1. The Morgan fingerprint density at radius 2 is 2.19 bits per heavy atom. The van der Waals surface area contributed by atoms with Crippen molar-refractivity contribution in [3.05, 3.63) is 27.9 Å². The molecule has 0 spiro atoms. The number of unbranched alkanes of at least 4 members (excludes halogenated alkanes) is 1. The van der Waals surface area contributed by atoms with Gasteiger partial charge in [-0.05, 0) is 18.6 Å². The van der Waals surface area contributed by atoms with Crippen LogP contribution in [0.15, 0.2) is 11.0 Å². The molecule has 1 aromatic rings. The number of hydrogen-bond acceptors (Lipinski definition) is 7. The van der Waals surface area contributed by atoms with Gasteiger partial charge in [-0.15, -0.1) is 11.8 Å². The van der Waals surface area contributed by atoms with Gasteiger partial charge in [0.15, 0.2) is 5.69 Å². The third kappa shape index (κ3) is 3.06. The van der Waals surface area contributed by atoms with Crippen molar-refractivity contribution in [3.63, 3.8) is 0 Å². The number of ether oxygens (including phenoxy) is 1. The lowest BCUT2D eigenvalue weighted by Gasteiger charge is -2.11. The van der Waals surface area contributed by atoms with Crippen molar-refractivity contribution in [2.75, 3.05) is 19.5 Å². The predicted molar refractivity (Wildman–Crippen MR) is 75.4 cm³/mol. The van der Waals surface area contributed by atoms with Crippen LogP contribution < -0.4 is 0 Å². The van der Waals surface area contributed by atoms with Gasteiger partial charge in [-0.1, -0.05) is 0 Å². The quantitative estimate of drug-likeness (QED) is 0.595. The summed E-state index contributed by atoms with van der Waals surface area (Å²) in [7, 11) is 1.19. The molecule has 0 aliphatic heterocycles. The van der Waals surface area contributed by atoms with Crippen LogP contribution in [0.1, 0.15) is 44.2 Å². The fraction of sp³-hybridized carbons (Fsp3) is 0.385. The summed E-state index contributed by atoms with van der Waals surface area (Å²) in [4.78, 5) is 36.2. The van der Waals surface area contributed by atoms with Crippen molar-refractivity contribution in [3.8, 4) is 0 Å². The van der Waals surface area contributed by atoms with Gasteiger partial charge in [-0.2, -0.15) is 5.10 Å². The Kier molecular flexibility index (Phi) is 4.92. The lowest BCUT2D eigenvalue weighted by Crippen LogP contribution is -2.18. The number of hydrogen-bond donors (Lipinski definition) is 2. The fourth-order valence-corrected chi connectivity index (χ4v) is 2.86. The van der Waals surface area contributed by atoms with E-state index >= 15 is 0 Å². The molecule has 21 heavy (non-hydrogen) atoms. The number of aliphatic hydroxyl groups excluding tert-OH is 1. The summed E-state index contributed by atoms with van der Waals surface area (Å²) in [6.45, 7) is 0.0881. The average Bonchev–Trinajstić information content (AvgIpc) is 2.93. The Balaban J connectivity index is 2.23. The molecule has 0 fully saturated rings. The summed E-state index contributed by atoms with van der Waals surface area (Å²) in [5.41, 5.74) is -0.188. The number of aliphatic hydroxyl groups is 1. The van der Waals surface area contributed by atoms with E-state index in [9.17, 15) is 14.4 Å². The van der Waals surface area contributed by atoms with E-state index in [2.05, 4.69) is 14.9 Å². The normalized spacial score (nSPS) is 13.9. The molecule has 1 aliphatic carbocycles. The van der Waals surface area contributed by atoms with E-state index in [1.165, 1.54) is 24.9 Å². The highest BCUT2D eigenvalue weighted by atomic mass is 32.2. The Labute approximate surface area is 124 Å². The van der Waals surface area contributed by atoms with Crippen LogP contribution in [0.3, 0.4) is 0 Å². The van der Waals surface area contributed by atoms with Crippen LogP contribution >= 0.6 is 11.8 Å². The topological polar surface area (TPSA) is 109 Å². The highest BCUT2D eigenvalue weighted by molar-refractivity contribution is 8.04. The van der Waals surface area contributed by atoms with E-state index in [1.54, 1.807) is 0 Å². The van der Waals surface area contributed by atoms with Crippen molar-refractivity contribution in [1.29, 1.82) is 0 Å². The van der Waals surface area contributed by atoms with Crippen LogP contribution in [0.4, 0.5) is 0 Å². The Hall–Kier alpha value is -1.93. The zero-order valence-corrected chi connectivity index (χ0v) is 12.2. The van der Waals surface area contributed by atoms with Crippen molar-refractivity contribution in [1.82, 2.24) is 10.2 Å². The molecule has 112 valence electrons. The second-order valence-corrected chi connectivity index (χ2v) is 5.43. The number of esters is 1. The number of allylic oxidation sites excluding steroid dienone is 2. The first-order valence-electron chi connectivity index (χ1n) is 6.31. The fourth-order valence-electron chi connectivity index (χ4n) is 1.87. The van der Waals surface area contributed by atoms with Crippen molar-refractivity contribution in [2.45, 2.75) is 12.8 Å². The molecule has 0 radical (unpaired) electrons. The number of aromatic amines is 1. The van der Waals surface area contributed by atoms with Crippen LogP contribution in [0.2, 0.25) is 0 Å². The molecule has 1 heterocycles. The van der Waals surface area contributed by atoms with Gasteiger partial charge < -0.3 is 9.84 Å². The van der Waals surface area contributed by atoms with Crippen molar-refractivity contribution >= 4 is 29.3 Å². The van der Waals surface area contributed by atoms with E-state index in [0.29, 0.717) is 12.2 Å². The van der Waals surface area contributed by atoms with Gasteiger partial charge in [0.1, 0.15) is 5.69 Å². The highest BCUT2D eigenvalue weighted by Crippen LogP contribution is 2.30. The van der Waals surface area contributed by atoms with Crippen molar-refractivity contribution < 1.29 is 24.2 Å². The van der Waals surface area contributed by atoms with Crippen LogP contribution in [0.5, 0.6) is 0 Å². The number of H-pyrrole nitrogens is 1. The number of aromatic nitrogens is 2. The molecule has 0 atom stereocenters. The third-order valence-electron chi connectivity index (χ3n) is 2.91. The molecule has 0 unspecified atom stereocenters. The standard InChI is InChI=1S/C13H14N2O5S/c1-20-13(19)11-9-10(14-15-11)7(17)6-8(12(9)18)21-5-3-2-4-16/h6,16H,2-5H2,1H3,(H,14,15). The first kappa shape index (κ1) is 15.5. The maximum absolute atomic E-state index is 12.4. The monoisotopic (exact) mass is 310 g/mol. The van der Waals surface area contributed by atoms with Gasteiger partial charge in [0.2, 0.25) is 11.6 Å². The first-order valence-corrected chi connectivity index (χ1v) is 7.29. The number of ketones is 2.